The normalized spacial score (nSPS) is 12.5. The topological polar surface area (TPSA) is 142 Å². The Labute approximate surface area is 255 Å². The third-order valence-corrected chi connectivity index (χ3v) is 6.64. The third kappa shape index (κ3) is 8.22. The molecule has 0 saturated heterocycles. The lowest BCUT2D eigenvalue weighted by Gasteiger charge is -2.11. The minimum Gasteiger partial charge on any atom is -0.324 e. The fourth-order valence-corrected chi connectivity index (χ4v) is 4.24. The fraction of sp³-hybridized carbons (Fsp3) is 0.176. The molecule has 0 heterocycles. The first-order valence-electron chi connectivity index (χ1n) is 13.9. The number of nitrogens with one attached hydrogen (secondary N) is 2. The van der Waals surface area contributed by atoms with Crippen molar-refractivity contribution in [1.29, 1.82) is 0 Å². The van der Waals surface area contributed by atoms with Crippen LogP contribution in [-0.4, -0.2) is 35.5 Å². The maximum Gasteiger partial charge on any atom is 0.258 e. The number of carbonyl (C=O) groups is 4. The highest BCUT2D eigenvalue weighted by molar-refractivity contribution is 6.10. The van der Waals surface area contributed by atoms with Crippen LogP contribution in [0.1, 0.15) is 25.0 Å². The third-order valence-electron chi connectivity index (χ3n) is 6.64. The van der Waals surface area contributed by atoms with E-state index in [4.69, 9.17) is 0 Å². The van der Waals surface area contributed by atoms with Crippen molar-refractivity contribution < 1.29 is 19.2 Å². The van der Waals surface area contributed by atoms with Gasteiger partial charge in [0.2, 0.25) is 12.1 Å². The van der Waals surface area contributed by atoms with Crippen LogP contribution in [0.2, 0.25) is 0 Å². The Hall–Kier alpha value is -5.64. The van der Waals surface area contributed by atoms with Crippen molar-refractivity contribution in [3.63, 3.8) is 0 Å². The Kier molecular flexibility index (Phi) is 10.3. The van der Waals surface area contributed by atoms with Crippen LogP contribution in [0.5, 0.6) is 0 Å². The zero-order valence-corrected chi connectivity index (χ0v) is 24.8. The molecular formula is C34H32N6O4. The summed E-state index contributed by atoms with van der Waals surface area (Å²) in [5.41, 5.74) is 5.59. The largest absolute Gasteiger partial charge is 0.324 e. The second kappa shape index (κ2) is 14.5. The predicted octanol–water partition coefficient (Wildman–Crippen LogP) is 7.33. The van der Waals surface area contributed by atoms with Crippen LogP contribution in [0, 0.1) is 13.8 Å². The van der Waals surface area contributed by atoms with E-state index in [1.165, 1.54) is 13.8 Å². The van der Waals surface area contributed by atoms with Gasteiger partial charge >= 0.3 is 0 Å². The van der Waals surface area contributed by atoms with Crippen LogP contribution in [0.25, 0.3) is 11.1 Å². The molecule has 0 aliphatic carbocycles. The number of benzene rings is 4. The van der Waals surface area contributed by atoms with E-state index in [1.807, 2.05) is 50.2 Å². The van der Waals surface area contributed by atoms with Gasteiger partial charge in [-0.1, -0.05) is 48.5 Å². The molecule has 4 aromatic carbocycles. The molecule has 10 nitrogen and oxygen atoms in total. The number of ketones is 2. The number of rotatable bonds is 11. The van der Waals surface area contributed by atoms with Gasteiger partial charge in [-0.15, -0.1) is 0 Å². The monoisotopic (exact) mass is 588 g/mol. The van der Waals surface area contributed by atoms with Crippen molar-refractivity contribution in [1.82, 2.24) is 0 Å². The Morgan fingerprint density at radius 1 is 0.545 bits per heavy atom. The van der Waals surface area contributed by atoms with E-state index in [9.17, 15) is 19.2 Å². The van der Waals surface area contributed by atoms with E-state index in [2.05, 4.69) is 31.1 Å². The number of nitrogens with zero attached hydrogens (tertiary/aromatic N) is 4. The van der Waals surface area contributed by atoms with Crippen molar-refractivity contribution >= 4 is 46.1 Å². The maximum absolute atomic E-state index is 12.6. The Morgan fingerprint density at radius 2 is 0.909 bits per heavy atom. The molecule has 4 rings (SSSR count). The van der Waals surface area contributed by atoms with Gasteiger partial charge in [-0.25, -0.2) is 0 Å². The van der Waals surface area contributed by atoms with Crippen LogP contribution in [0.15, 0.2) is 118 Å². The first kappa shape index (κ1) is 31.3. The van der Waals surface area contributed by atoms with Gasteiger partial charge in [0.05, 0.1) is 11.4 Å². The number of hydrogen-bond donors (Lipinski definition) is 2. The Morgan fingerprint density at radius 3 is 1.23 bits per heavy atom. The molecule has 0 radical (unpaired) electrons. The number of para-hydroxylation sites is 2. The molecule has 0 fully saturated rings. The Bertz CT molecular complexity index is 1610. The van der Waals surface area contributed by atoms with E-state index in [-0.39, 0.29) is 0 Å². The van der Waals surface area contributed by atoms with Crippen LogP contribution in [0.3, 0.4) is 0 Å². The molecule has 0 aliphatic heterocycles. The molecule has 2 amide bonds. The molecule has 0 bridgehead atoms. The van der Waals surface area contributed by atoms with E-state index in [1.54, 1.807) is 60.7 Å². The number of Topliss-reactive ketones (excluding diaryl/α,β-unsaturated/α-hetero) is 2. The van der Waals surface area contributed by atoms with Gasteiger partial charge in [0.1, 0.15) is 0 Å². The molecule has 44 heavy (non-hydrogen) atoms. The van der Waals surface area contributed by atoms with Gasteiger partial charge < -0.3 is 10.6 Å². The zero-order valence-electron chi connectivity index (χ0n) is 24.8. The summed E-state index contributed by atoms with van der Waals surface area (Å²) in [6.45, 7) is 6.33. The second-order valence-electron chi connectivity index (χ2n) is 10.2. The molecule has 0 saturated carbocycles. The quantitative estimate of drug-likeness (QED) is 0.140. The highest BCUT2D eigenvalue weighted by atomic mass is 16.2. The first-order valence-corrected chi connectivity index (χ1v) is 13.9. The van der Waals surface area contributed by atoms with Crippen molar-refractivity contribution in [3.8, 4) is 11.1 Å². The van der Waals surface area contributed by atoms with Crippen molar-refractivity contribution in [2.24, 2.45) is 20.5 Å². The van der Waals surface area contributed by atoms with Crippen molar-refractivity contribution in [3.05, 3.63) is 108 Å². The van der Waals surface area contributed by atoms with Crippen molar-refractivity contribution in [2.45, 2.75) is 39.8 Å². The first-order chi connectivity index (χ1) is 21.1. The van der Waals surface area contributed by atoms with Gasteiger partial charge in [-0.2, -0.15) is 20.5 Å². The minimum atomic E-state index is -1.27. The van der Waals surface area contributed by atoms with Crippen LogP contribution < -0.4 is 10.6 Å². The number of amides is 2. The van der Waals surface area contributed by atoms with Crippen molar-refractivity contribution in [2.75, 3.05) is 10.6 Å². The molecular weight excluding hydrogens is 556 g/mol. The molecule has 2 unspecified atom stereocenters. The summed E-state index contributed by atoms with van der Waals surface area (Å²) in [5, 5.41) is 21.9. The van der Waals surface area contributed by atoms with Gasteiger partial charge in [0.15, 0.2) is 11.6 Å². The number of anilines is 2. The van der Waals surface area contributed by atoms with E-state index >= 15 is 0 Å². The molecule has 0 aliphatic rings. The highest BCUT2D eigenvalue weighted by Gasteiger charge is 2.24. The smallest absolute Gasteiger partial charge is 0.258 e. The molecule has 4 aromatic rings. The van der Waals surface area contributed by atoms with Crippen LogP contribution in [-0.2, 0) is 19.2 Å². The Balaban J connectivity index is 1.47. The van der Waals surface area contributed by atoms with Gasteiger partial charge in [0, 0.05) is 11.4 Å². The SMILES string of the molecule is CC(=O)C(N=Nc1ccc(-c2ccc(N=NC(C(C)=O)C(=O)Nc3ccccc3)c(C)c2)cc1C)C(=O)Nc1ccccc1. The summed E-state index contributed by atoms with van der Waals surface area (Å²) in [5.74, 6) is -1.95. The fourth-order valence-electron chi connectivity index (χ4n) is 4.24. The van der Waals surface area contributed by atoms with E-state index in [0.29, 0.717) is 22.7 Å². The summed E-state index contributed by atoms with van der Waals surface area (Å²) >= 11 is 0. The van der Waals surface area contributed by atoms with Gasteiger partial charge in [0.25, 0.3) is 11.8 Å². The molecule has 222 valence electrons. The van der Waals surface area contributed by atoms with Crippen LogP contribution >= 0.6 is 0 Å². The minimum absolute atomic E-state index is 0.421. The lowest BCUT2D eigenvalue weighted by molar-refractivity contribution is -0.127. The summed E-state index contributed by atoms with van der Waals surface area (Å²) in [7, 11) is 0. The summed E-state index contributed by atoms with van der Waals surface area (Å²) in [4.78, 5) is 49.6. The summed E-state index contributed by atoms with van der Waals surface area (Å²) in [6.07, 6.45) is 0. The predicted molar refractivity (Wildman–Crippen MR) is 169 cm³/mol. The molecule has 10 heteroatoms. The standard InChI is InChI=1S/C34H32N6O4/c1-21-19-25(15-17-29(21)37-39-31(23(3)41)33(43)35-27-11-7-5-8-12-27)26-16-18-30(22(2)20-26)38-40-32(24(4)42)34(44)36-28-13-9-6-10-14-28/h5-20,31-32H,1-4H3,(H,35,43)(H,36,44). The zero-order chi connectivity index (χ0) is 31.6. The van der Waals surface area contributed by atoms with Gasteiger partial charge in [-0.05, 0) is 98.5 Å². The average molecular weight is 589 g/mol. The lowest BCUT2D eigenvalue weighted by atomic mass is 10.0. The number of carbonyl (C=O) groups excluding carboxylic acids is 4. The number of azo groups is 2. The average Bonchev–Trinajstić information content (AvgIpc) is 2.99. The van der Waals surface area contributed by atoms with E-state index in [0.717, 1.165) is 22.3 Å². The molecule has 0 spiro atoms. The molecule has 2 atom stereocenters. The number of hydrogen-bond acceptors (Lipinski definition) is 8. The van der Waals surface area contributed by atoms with Crippen LogP contribution in [0.4, 0.5) is 22.7 Å². The summed E-state index contributed by atoms with van der Waals surface area (Å²) < 4.78 is 0. The maximum atomic E-state index is 12.6. The lowest BCUT2D eigenvalue weighted by Crippen LogP contribution is -2.31. The summed E-state index contributed by atoms with van der Waals surface area (Å²) in [6, 6.07) is 26.2. The number of aryl methyl sites for hydroxylation is 2. The molecule has 0 aromatic heterocycles. The van der Waals surface area contributed by atoms with Gasteiger partial charge in [-0.3, -0.25) is 19.2 Å². The van der Waals surface area contributed by atoms with E-state index < -0.39 is 35.5 Å². The molecule has 2 N–H and O–H groups in total. The second-order valence-corrected chi connectivity index (χ2v) is 10.2. The highest BCUT2D eigenvalue weighted by Crippen LogP contribution is 2.30.